The van der Waals surface area contributed by atoms with E-state index in [9.17, 15) is 4.79 Å². The summed E-state index contributed by atoms with van der Waals surface area (Å²) in [7, 11) is 0. The van der Waals surface area contributed by atoms with E-state index in [0.29, 0.717) is 0 Å². The zero-order valence-electron chi connectivity index (χ0n) is 6.40. The lowest BCUT2D eigenvalue weighted by molar-refractivity contribution is -0.137. The van der Waals surface area contributed by atoms with E-state index >= 15 is 0 Å². The first-order chi connectivity index (χ1) is 5.79. The molecule has 1 aliphatic carbocycles. The normalized spacial score (nSPS) is 19.2. The van der Waals surface area contributed by atoms with Crippen LogP contribution in [0.4, 0.5) is 0 Å². The Bertz CT molecular complexity index is 353. The van der Waals surface area contributed by atoms with E-state index in [2.05, 4.69) is 0 Å². The van der Waals surface area contributed by atoms with E-state index in [1.54, 1.807) is 6.08 Å². The lowest BCUT2D eigenvalue weighted by Gasteiger charge is -2.03. The second-order valence-corrected chi connectivity index (χ2v) is 2.80. The van der Waals surface area contributed by atoms with Crippen LogP contribution in [-0.2, 0) is 4.79 Å². The van der Waals surface area contributed by atoms with Gasteiger partial charge in [-0.1, -0.05) is 36.4 Å². The number of benzene rings is 1. The van der Waals surface area contributed by atoms with Crippen LogP contribution < -0.4 is 0 Å². The smallest absolute Gasteiger partial charge is 0.314 e. The van der Waals surface area contributed by atoms with Crippen molar-refractivity contribution < 1.29 is 9.90 Å². The molecule has 0 spiro atoms. The Kier molecular flexibility index (Phi) is 1.47. The number of carboxylic acid groups (broad SMARTS) is 1. The van der Waals surface area contributed by atoms with Crippen molar-refractivity contribution in [3.8, 4) is 0 Å². The molecule has 1 aromatic rings. The maximum atomic E-state index is 10.7. The second-order valence-electron chi connectivity index (χ2n) is 2.80. The summed E-state index contributed by atoms with van der Waals surface area (Å²) in [6.07, 6.45) is 3.57. The molecule has 60 valence electrons. The van der Waals surface area contributed by atoms with Crippen molar-refractivity contribution in [2.24, 2.45) is 0 Å². The molecule has 0 aliphatic heterocycles. The molecule has 0 saturated carbocycles. The predicted molar refractivity (Wildman–Crippen MR) is 45.9 cm³/mol. The van der Waals surface area contributed by atoms with Gasteiger partial charge < -0.3 is 5.11 Å². The van der Waals surface area contributed by atoms with Crippen molar-refractivity contribution in [2.75, 3.05) is 0 Å². The largest absolute Gasteiger partial charge is 0.481 e. The Morgan fingerprint density at radius 2 is 2.08 bits per heavy atom. The molecule has 1 aliphatic rings. The van der Waals surface area contributed by atoms with Gasteiger partial charge in [0.1, 0.15) is 5.92 Å². The third-order valence-electron chi connectivity index (χ3n) is 2.07. The van der Waals surface area contributed by atoms with Crippen molar-refractivity contribution in [2.45, 2.75) is 5.92 Å². The fourth-order valence-corrected chi connectivity index (χ4v) is 1.46. The molecule has 1 N–H and O–H groups in total. The van der Waals surface area contributed by atoms with Crippen LogP contribution >= 0.6 is 0 Å². The van der Waals surface area contributed by atoms with Gasteiger partial charge in [-0.2, -0.15) is 0 Å². The summed E-state index contributed by atoms with van der Waals surface area (Å²) in [6.45, 7) is 0. The highest BCUT2D eigenvalue weighted by molar-refractivity contribution is 5.84. The van der Waals surface area contributed by atoms with Crippen LogP contribution in [0.15, 0.2) is 30.3 Å². The maximum absolute atomic E-state index is 10.7. The molecule has 0 radical (unpaired) electrons. The molecule has 0 aromatic heterocycles. The zero-order valence-corrected chi connectivity index (χ0v) is 6.40. The maximum Gasteiger partial charge on any atom is 0.314 e. The average molecular weight is 160 g/mol. The van der Waals surface area contributed by atoms with E-state index < -0.39 is 11.9 Å². The number of fused-ring (bicyclic) bond motifs is 1. The van der Waals surface area contributed by atoms with Gasteiger partial charge in [0, 0.05) is 0 Å². The van der Waals surface area contributed by atoms with Crippen molar-refractivity contribution in [1.82, 2.24) is 0 Å². The average Bonchev–Trinajstić information content (AvgIpc) is 2.47. The van der Waals surface area contributed by atoms with Gasteiger partial charge in [0.15, 0.2) is 0 Å². The predicted octanol–water partition coefficient (Wildman–Crippen LogP) is 1.88. The Morgan fingerprint density at radius 3 is 2.83 bits per heavy atom. The van der Waals surface area contributed by atoms with Gasteiger partial charge in [-0.15, -0.1) is 0 Å². The molecular formula is C10H8O2. The first-order valence-electron chi connectivity index (χ1n) is 3.79. The Morgan fingerprint density at radius 1 is 1.33 bits per heavy atom. The summed E-state index contributed by atoms with van der Waals surface area (Å²) in [5, 5.41) is 8.81. The molecule has 0 amide bonds. The second kappa shape index (κ2) is 2.48. The Balaban J connectivity index is 2.49. The SMILES string of the molecule is O=C(O)C1C=Cc2ccccc21. The summed E-state index contributed by atoms with van der Waals surface area (Å²) in [5.41, 5.74) is 1.91. The molecule has 2 heteroatoms. The third-order valence-corrected chi connectivity index (χ3v) is 2.07. The minimum absolute atomic E-state index is 0.443. The van der Waals surface area contributed by atoms with Gasteiger partial charge in [0.05, 0.1) is 0 Å². The summed E-state index contributed by atoms with van der Waals surface area (Å²) in [5.74, 6) is -1.22. The molecule has 0 heterocycles. The number of hydrogen-bond acceptors (Lipinski definition) is 1. The highest BCUT2D eigenvalue weighted by atomic mass is 16.4. The van der Waals surface area contributed by atoms with Crippen LogP contribution in [0.3, 0.4) is 0 Å². The number of carbonyl (C=O) groups is 1. The number of aliphatic carboxylic acids is 1. The molecule has 0 fully saturated rings. The monoisotopic (exact) mass is 160 g/mol. The van der Waals surface area contributed by atoms with Gasteiger partial charge in [-0.25, -0.2) is 0 Å². The summed E-state index contributed by atoms with van der Waals surface area (Å²) >= 11 is 0. The molecular weight excluding hydrogens is 152 g/mol. The third kappa shape index (κ3) is 0.925. The van der Waals surface area contributed by atoms with E-state index in [0.717, 1.165) is 11.1 Å². The Hall–Kier alpha value is -1.57. The molecule has 1 atom stereocenters. The van der Waals surface area contributed by atoms with Crippen LogP contribution in [0.25, 0.3) is 6.08 Å². The first-order valence-corrected chi connectivity index (χ1v) is 3.79. The summed E-state index contributed by atoms with van der Waals surface area (Å²) < 4.78 is 0. The van der Waals surface area contributed by atoms with Crippen LogP contribution in [-0.4, -0.2) is 11.1 Å². The first kappa shape index (κ1) is 7.10. The minimum atomic E-state index is -0.781. The highest BCUT2D eigenvalue weighted by Gasteiger charge is 2.22. The van der Waals surface area contributed by atoms with Crippen molar-refractivity contribution >= 4 is 12.0 Å². The van der Waals surface area contributed by atoms with E-state index in [4.69, 9.17) is 5.11 Å². The van der Waals surface area contributed by atoms with E-state index in [1.165, 1.54) is 0 Å². The van der Waals surface area contributed by atoms with Gasteiger partial charge >= 0.3 is 5.97 Å². The van der Waals surface area contributed by atoms with Crippen LogP contribution in [0.5, 0.6) is 0 Å². The van der Waals surface area contributed by atoms with Crippen molar-refractivity contribution in [1.29, 1.82) is 0 Å². The summed E-state index contributed by atoms with van der Waals surface area (Å²) in [4.78, 5) is 10.7. The van der Waals surface area contributed by atoms with Crippen molar-refractivity contribution in [3.05, 3.63) is 41.5 Å². The molecule has 0 saturated heterocycles. The molecule has 12 heavy (non-hydrogen) atoms. The fraction of sp³-hybridized carbons (Fsp3) is 0.100. The zero-order chi connectivity index (χ0) is 8.55. The topological polar surface area (TPSA) is 37.3 Å². The fourth-order valence-electron chi connectivity index (χ4n) is 1.46. The number of hydrogen-bond donors (Lipinski definition) is 1. The lowest BCUT2D eigenvalue weighted by atomic mass is 10.0. The van der Waals surface area contributed by atoms with Crippen LogP contribution in [0, 0.1) is 0 Å². The Labute approximate surface area is 70.2 Å². The highest BCUT2D eigenvalue weighted by Crippen LogP contribution is 2.29. The summed E-state index contributed by atoms with van der Waals surface area (Å²) in [6, 6.07) is 7.55. The molecule has 2 nitrogen and oxygen atoms in total. The van der Waals surface area contributed by atoms with Crippen LogP contribution in [0.1, 0.15) is 17.0 Å². The van der Waals surface area contributed by atoms with Gasteiger partial charge in [0.2, 0.25) is 0 Å². The van der Waals surface area contributed by atoms with Crippen LogP contribution in [0.2, 0.25) is 0 Å². The van der Waals surface area contributed by atoms with Gasteiger partial charge in [0.25, 0.3) is 0 Å². The molecule has 1 unspecified atom stereocenters. The van der Waals surface area contributed by atoms with Gasteiger partial charge in [-0.3, -0.25) is 4.79 Å². The minimum Gasteiger partial charge on any atom is -0.481 e. The van der Waals surface area contributed by atoms with Gasteiger partial charge in [-0.05, 0) is 11.1 Å². The number of rotatable bonds is 1. The van der Waals surface area contributed by atoms with E-state index in [-0.39, 0.29) is 0 Å². The van der Waals surface area contributed by atoms with E-state index in [1.807, 2.05) is 30.3 Å². The number of carboxylic acids is 1. The quantitative estimate of drug-likeness (QED) is 0.681. The standard InChI is InChI=1S/C10H8O2/c11-10(12)9-6-5-7-3-1-2-4-8(7)9/h1-6,9H,(H,11,12). The molecule has 2 rings (SSSR count). The molecule has 0 bridgehead atoms. The van der Waals surface area contributed by atoms with Crippen molar-refractivity contribution in [3.63, 3.8) is 0 Å². The molecule has 1 aromatic carbocycles. The lowest BCUT2D eigenvalue weighted by Crippen LogP contribution is -2.06.